The average Bonchev–Trinajstić information content (AvgIpc) is 2.65. The number of piperazine rings is 1. The van der Waals surface area contributed by atoms with Crippen molar-refractivity contribution >= 4 is 23.5 Å². The topological polar surface area (TPSA) is 113 Å². The Kier molecular flexibility index (Phi) is 6.35. The number of rotatable bonds is 6. The predicted molar refractivity (Wildman–Crippen MR) is 91.4 cm³/mol. The molecule has 1 aromatic carbocycles. The molecule has 0 spiro atoms. The molecule has 0 bridgehead atoms. The normalized spacial score (nSPS) is 15.6. The van der Waals surface area contributed by atoms with Crippen molar-refractivity contribution in [2.45, 2.75) is 18.9 Å². The largest absolute Gasteiger partial charge is 0.481 e. The summed E-state index contributed by atoms with van der Waals surface area (Å²) in [5.74, 6) is -1.54. The van der Waals surface area contributed by atoms with Crippen LogP contribution < -0.4 is 10.6 Å². The number of carboxylic acid groups (broad SMARTS) is 1. The third-order valence-electron chi connectivity index (χ3n) is 4.23. The molecule has 1 atom stereocenters. The van der Waals surface area contributed by atoms with Gasteiger partial charge in [0.25, 0.3) is 0 Å². The molecular weight excluding hydrogens is 326 g/mol. The van der Waals surface area contributed by atoms with Crippen LogP contribution in [-0.4, -0.2) is 67.2 Å². The van der Waals surface area contributed by atoms with Gasteiger partial charge in [0.05, 0.1) is 18.7 Å². The standard InChI is InChI=1S/C17H23N3O5/c1-25-17(24)12-2-4-13(5-3-12)19-8-10-20(11-9-19)16(23)14(18)6-7-15(21)22/h2-5,14H,6-11,18H2,1H3,(H,21,22)/t14-/m0/s1. The molecule has 2 rings (SSSR count). The molecule has 0 unspecified atom stereocenters. The second-order valence-electron chi connectivity index (χ2n) is 5.89. The van der Waals surface area contributed by atoms with E-state index >= 15 is 0 Å². The molecule has 0 saturated carbocycles. The molecule has 0 aromatic heterocycles. The Hall–Kier alpha value is -2.61. The van der Waals surface area contributed by atoms with Crippen molar-refractivity contribution in [3.8, 4) is 0 Å². The van der Waals surface area contributed by atoms with Crippen LogP contribution in [-0.2, 0) is 14.3 Å². The molecule has 1 saturated heterocycles. The van der Waals surface area contributed by atoms with E-state index < -0.39 is 12.0 Å². The van der Waals surface area contributed by atoms with Gasteiger partial charge < -0.3 is 25.4 Å². The van der Waals surface area contributed by atoms with Crippen LogP contribution in [0.1, 0.15) is 23.2 Å². The van der Waals surface area contributed by atoms with E-state index in [2.05, 4.69) is 9.64 Å². The van der Waals surface area contributed by atoms with Gasteiger partial charge in [0, 0.05) is 38.3 Å². The fourth-order valence-electron chi connectivity index (χ4n) is 2.75. The number of aliphatic carboxylic acids is 1. The maximum Gasteiger partial charge on any atom is 0.337 e. The SMILES string of the molecule is COC(=O)c1ccc(N2CCN(C(=O)[C@@H](N)CCC(=O)O)CC2)cc1. The van der Waals surface area contributed by atoms with Gasteiger partial charge in [-0.25, -0.2) is 4.79 Å². The maximum atomic E-state index is 12.2. The van der Waals surface area contributed by atoms with Crippen LogP contribution >= 0.6 is 0 Å². The zero-order valence-electron chi connectivity index (χ0n) is 14.2. The van der Waals surface area contributed by atoms with E-state index in [0.29, 0.717) is 31.7 Å². The Balaban J connectivity index is 1.87. The third kappa shape index (κ3) is 4.93. The number of hydrogen-bond acceptors (Lipinski definition) is 6. The highest BCUT2D eigenvalue weighted by Gasteiger charge is 2.25. The van der Waals surface area contributed by atoms with Crippen molar-refractivity contribution in [2.75, 3.05) is 38.2 Å². The molecule has 8 heteroatoms. The van der Waals surface area contributed by atoms with E-state index in [1.54, 1.807) is 17.0 Å². The van der Waals surface area contributed by atoms with Gasteiger partial charge in [0.15, 0.2) is 0 Å². The number of ether oxygens (including phenoxy) is 1. The number of carboxylic acids is 1. The second kappa shape index (κ2) is 8.48. The van der Waals surface area contributed by atoms with Gasteiger partial charge in [-0.3, -0.25) is 9.59 Å². The summed E-state index contributed by atoms with van der Waals surface area (Å²) in [6.45, 7) is 2.35. The van der Waals surface area contributed by atoms with E-state index in [9.17, 15) is 14.4 Å². The zero-order valence-corrected chi connectivity index (χ0v) is 14.2. The Morgan fingerprint density at radius 1 is 1.16 bits per heavy atom. The van der Waals surface area contributed by atoms with E-state index in [1.807, 2.05) is 12.1 Å². The summed E-state index contributed by atoms with van der Waals surface area (Å²) in [6, 6.07) is 6.34. The summed E-state index contributed by atoms with van der Waals surface area (Å²) in [4.78, 5) is 38.1. The minimum absolute atomic E-state index is 0.112. The summed E-state index contributed by atoms with van der Waals surface area (Å²) < 4.78 is 4.67. The van der Waals surface area contributed by atoms with Crippen molar-refractivity contribution in [1.82, 2.24) is 4.90 Å². The minimum atomic E-state index is -0.955. The molecule has 0 aliphatic carbocycles. The van der Waals surface area contributed by atoms with E-state index in [1.165, 1.54) is 7.11 Å². The first-order valence-corrected chi connectivity index (χ1v) is 8.12. The van der Waals surface area contributed by atoms with Gasteiger partial charge in [-0.05, 0) is 30.7 Å². The van der Waals surface area contributed by atoms with Crippen LogP contribution in [0.15, 0.2) is 24.3 Å². The van der Waals surface area contributed by atoms with Gasteiger partial charge in [-0.15, -0.1) is 0 Å². The van der Waals surface area contributed by atoms with E-state index in [-0.39, 0.29) is 24.7 Å². The van der Waals surface area contributed by atoms with Crippen LogP contribution in [0.25, 0.3) is 0 Å². The van der Waals surface area contributed by atoms with E-state index in [4.69, 9.17) is 10.8 Å². The van der Waals surface area contributed by atoms with Crippen molar-refractivity contribution < 1.29 is 24.2 Å². The van der Waals surface area contributed by atoms with Crippen molar-refractivity contribution in [2.24, 2.45) is 5.73 Å². The van der Waals surface area contributed by atoms with E-state index in [0.717, 1.165) is 5.69 Å². The second-order valence-corrected chi connectivity index (χ2v) is 5.89. The van der Waals surface area contributed by atoms with Crippen LogP contribution in [0.4, 0.5) is 5.69 Å². The van der Waals surface area contributed by atoms with Crippen LogP contribution in [0.5, 0.6) is 0 Å². The number of methoxy groups -OCH3 is 1. The predicted octanol–water partition coefficient (Wildman–Crippen LogP) is 0.314. The fraction of sp³-hybridized carbons (Fsp3) is 0.471. The number of benzene rings is 1. The summed E-state index contributed by atoms with van der Waals surface area (Å²) in [7, 11) is 1.34. The Morgan fingerprint density at radius 3 is 2.28 bits per heavy atom. The zero-order chi connectivity index (χ0) is 18.4. The molecule has 1 aromatic rings. The molecule has 1 aliphatic rings. The van der Waals surface area contributed by atoms with Gasteiger partial charge in [-0.1, -0.05) is 0 Å². The van der Waals surface area contributed by atoms with Gasteiger partial charge in [0.1, 0.15) is 0 Å². The molecule has 1 heterocycles. The first-order chi connectivity index (χ1) is 11.9. The first-order valence-electron chi connectivity index (χ1n) is 8.12. The van der Waals surface area contributed by atoms with Crippen molar-refractivity contribution in [1.29, 1.82) is 0 Å². The molecule has 1 amide bonds. The molecule has 0 radical (unpaired) electrons. The number of esters is 1. The van der Waals surface area contributed by atoms with Gasteiger partial charge in [-0.2, -0.15) is 0 Å². The monoisotopic (exact) mass is 349 g/mol. The Bertz CT molecular complexity index is 624. The molecular formula is C17H23N3O5. The molecule has 8 nitrogen and oxygen atoms in total. The van der Waals surface area contributed by atoms with Crippen LogP contribution in [0, 0.1) is 0 Å². The fourth-order valence-corrected chi connectivity index (χ4v) is 2.75. The number of nitrogens with zero attached hydrogens (tertiary/aromatic N) is 2. The lowest BCUT2D eigenvalue weighted by atomic mass is 10.1. The third-order valence-corrected chi connectivity index (χ3v) is 4.23. The number of carbonyl (C=O) groups is 3. The van der Waals surface area contributed by atoms with Gasteiger partial charge in [0.2, 0.25) is 5.91 Å². The average molecular weight is 349 g/mol. The maximum absolute atomic E-state index is 12.2. The number of anilines is 1. The first kappa shape index (κ1) is 18.7. The Labute approximate surface area is 146 Å². The Morgan fingerprint density at radius 2 is 1.76 bits per heavy atom. The highest BCUT2D eigenvalue weighted by molar-refractivity contribution is 5.89. The molecule has 3 N–H and O–H groups in total. The lowest BCUT2D eigenvalue weighted by molar-refractivity contribution is -0.137. The smallest absolute Gasteiger partial charge is 0.337 e. The summed E-state index contributed by atoms with van der Waals surface area (Å²) in [6.07, 6.45) is 0.0305. The van der Waals surface area contributed by atoms with Crippen LogP contribution in [0.3, 0.4) is 0 Å². The molecule has 136 valence electrons. The highest BCUT2D eigenvalue weighted by atomic mass is 16.5. The molecule has 1 fully saturated rings. The summed E-state index contributed by atoms with van der Waals surface area (Å²) >= 11 is 0. The van der Waals surface area contributed by atoms with Crippen molar-refractivity contribution in [3.63, 3.8) is 0 Å². The summed E-state index contributed by atoms with van der Waals surface area (Å²) in [5.41, 5.74) is 7.25. The minimum Gasteiger partial charge on any atom is -0.481 e. The number of amides is 1. The lowest BCUT2D eigenvalue weighted by Gasteiger charge is -2.37. The highest BCUT2D eigenvalue weighted by Crippen LogP contribution is 2.18. The number of carbonyl (C=O) groups excluding carboxylic acids is 2. The van der Waals surface area contributed by atoms with Gasteiger partial charge >= 0.3 is 11.9 Å². The lowest BCUT2D eigenvalue weighted by Crippen LogP contribution is -2.53. The molecule has 25 heavy (non-hydrogen) atoms. The quantitative estimate of drug-likeness (QED) is 0.711. The molecule has 1 aliphatic heterocycles. The van der Waals surface area contributed by atoms with Crippen LogP contribution in [0.2, 0.25) is 0 Å². The van der Waals surface area contributed by atoms with Crippen molar-refractivity contribution in [3.05, 3.63) is 29.8 Å². The summed E-state index contributed by atoms with van der Waals surface area (Å²) in [5, 5.41) is 8.67. The number of hydrogen-bond donors (Lipinski definition) is 2. The number of nitrogens with two attached hydrogens (primary N) is 1.